The Hall–Kier alpha value is -1.69. The van der Waals surface area contributed by atoms with E-state index >= 15 is 0 Å². The van der Waals surface area contributed by atoms with Crippen molar-refractivity contribution in [3.05, 3.63) is 41.0 Å². The lowest BCUT2D eigenvalue weighted by Crippen LogP contribution is -2.47. The number of carboxylic acids is 1. The van der Waals surface area contributed by atoms with E-state index in [0.717, 1.165) is 54.3 Å². The van der Waals surface area contributed by atoms with Gasteiger partial charge in [-0.2, -0.15) is 0 Å². The average Bonchev–Trinajstić information content (AvgIpc) is 2.49. The summed E-state index contributed by atoms with van der Waals surface area (Å²) in [4.78, 5) is 19.7. The van der Waals surface area contributed by atoms with Crippen LogP contribution in [0.5, 0.6) is 0 Å². The Morgan fingerprint density at radius 3 is 2.59 bits per heavy atom. The van der Waals surface area contributed by atoms with Crippen molar-refractivity contribution in [2.45, 2.75) is 6.54 Å². The summed E-state index contributed by atoms with van der Waals surface area (Å²) in [6.07, 6.45) is 0. The van der Waals surface area contributed by atoms with Gasteiger partial charge in [0.1, 0.15) is 0 Å². The molecule has 1 N–H and O–H groups in total. The number of nitrogens with zero attached hydrogens (tertiary/aromatic N) is 3. The van der Waals surface area contributed by atoms with E-state index in [-0.39, 0.29) is 6.54 Å². The van der Waals surface area contributed by atoms with Crippen molar-refractivity contribution >= 4 is 28.5 Å². The molecule has 6 heteroatoms. The Labute approximate surface area is 134 Å². The fraction of sp³-hybridized carbons (Fsp3) is 0.375. The Kier molecular flexibility index (Phi) is 4.57. The topological polar surface area (TPSA) is 56.7 Å². The van der Waals surface area contributed by atoms with Crippen LogP contribution in [-0.2, 0) is 11.3 Å². The molecule has 2 heterocycles. The molecule has 0 atom stereocenters. The Morgan fingerprint density at radius 2 is 1.86 bits per heavy atom. The molecular formula is C16H18ClN3O2. The Morgan fingerprint density at radius 1 is 1.14 bits per heavy atom. The Bertz CT molecular complexity index is 684. The average molecular weight is 320 g/mol. The molecule has 1 saturated heterocycles. The number of halogens is 1. The highest BCUT2D eigenvalue weighted by atomic mass is 35.5. The van der Waals surface area contributed by atoms with E-state index in [2.05, 4.69) is 9.88 Å². The number of carboxylic acid groups (broad SMARTS) is 1. The standard InChI is InChI=1S/C16H18ClN3O2/c17-13-2-4-15-12(9-13)1-3-14(18-15)10-19-5-7-20(8-6-19)11-16(21)22/h1-4,9H,5-8,10-11H2,(H,21,22). The van der Waals surface area contributed by atoms with Crippen LogP contribution in [0.25, 0.3) is 10.9 Å². The van der Waals surface area contributed by atoms with E-state index in [1.807, 2.05) is 35.2 Å². The van der Waals surface area contributed by atoms with Crippen LogP contribution in [0.15, 0.2) is 30.3 Å². The molecule has 1 aliphatic rings. The fourth-order valence-corrected chi connectivity index (χ4v) is 2.93. The largest absolute Gasteiger partial charge is 0.480 e. The van der Waals surface area contributed by atoms with Gasteiger partial charge in [0.05, 0.1) is 17.8 Å². The van der Waals surface area contributed by atoms with E-state index in [1.165, 1.54) is 0 Å². The van der Waals surface area contributed by atoms with E-state index in [0.29, 0.717) is 0 Å². The predicted molar refractivity (Wildman–Crippen MR) is 86.1 cm³/mol. The fourth-order valence-electron chi connectivity index (χ4n) is 2.75. The van der Waals surface area contributed by atoms with Crippen molar-refractivity contribution in [3.63, 3.8) is 0 Å². The first-order valence-corrected chi connectivity index (χ1v) is 7.70. The van der Waals surface area contributed by atoms with Crippen LogP contribution in [0.4, 0.5) is 0 Å². The van der Waals surface area contributed by atoms with Crippen molar-refractivity contribution in [2.24, 2.45) is 0 Å². The molecule has 0 spiro atoms. The first-order chi connectivity index (χ1) is 10.6. The summed E-state index contributed by atoms with van der Waals surface area (Å²) in [7, 11) is 0. The molecule has 3 rings (SSSR count). The molecule has 1 aliphatic heterocycles. The number of pyridine rings is 1. The molecule has 0 unspecified atom stereocenters. The van der Waals surface area contributed by atoms with Crippen LogP contribution in [0.1, 0.15) is 5.69 Å². The summed E-state index contributed by atoms with van der Waals surface area (Å²) in [6.45, 7) is 4.23. The molecule has 22 heavy (non-hydrogen) atoms. The Balaban J connectivity index is 1.62. The zero-order valence-corrected chi connectivity index (χ0v) is 13.0. The summed E-state index contributed by atoms with van der Waals surface area (Å²) < 4.78 is 0. The van der Waals surface area contributed by atoms with Crippen LogP contribution < -0.4 is 0 Å². The SMILES string of the molecule is O=C(O)CN1CCN(Cc2ccc3cc(Cl)ccc3n2)CC1. The number of hydrogen-bond acceptors (Lipinski definition) is 4. The normalized spacial score (nSPS) is 17.0. The summed E-state index contributed by atoms with van der Waals surface area (Å²) in [5, 5.41) is 10.6. The molecule has 1 aromatic carbocycles. The second-order valence-corrected chi connectivity index (χ2v) is 6.02. The second kappa shape index (κ2) is 6.60. The maximum Gasteiger partial charge on any atom is 0.317 e. The van der Waals surface area contributed by atoms with E-state index in [9.17, 15) is 4.79 Å². The lowest BCUT2D eigenvalue weighted by atomic mass is 10.2. The van der Waals surface area contributed by atoms with Crippen molar-refractivity contribution in [1.29, 1.82) is 0 Å². The van der Waals surface area contributed by atoms with Crippen molar-refractivity contribution in [1.82, 2.24) is 14.8 Å². The molecule has 0 radical (unpaired) electrons. The van der Waals surface area contributed by atoms with Gasteiger partial charge < -0.3 is 5.11 Å². The number of hydrogen-bond donors (Lipinski definition) is 1. The lowest BCUT2D eigenvalue weighted by Gasteiger charge is -2.33. The third kappa shape index (κ3) is 3.74. The first kappa shape index (κ1) is 15.2. The van der Waals surface area contributed by atoms with E-state index in [4.69, 9.17) is 16.7 Å². The van der Waals surface area contributed by atoms with Crippen molar-refractivity contribution in [2.75, 3.05) is 32.7 Å². The van der Waals surface area contributed by atoms with Crippen LogP contribution >= 0.6 is 11.6 Å². The van der Waals surface area contributed by atoms with Crippen LogP contribution in [0, 0.1) is 0 Å². The molecule has 0 bridgehead atoms. The molecule has 0 aliphatic carbocycles. The molecule has 0 amide bonds. The minimum Gasteiger partial charge on any atom is -0.480 e. The highest BCUT2D eigenvalue weighted by Gasteiger charge is 2.18. The highest BCUT2D eigenvalue weighted by Crippen LogP contribution is 2.18. The molecule has 0 saturated carbocycles. The zero-order valence-electron chi connectivity index (χ0n) is 12.2. The second-order valence-electron chi connectivity index (χ2n) is 5.59. The minimum atomic E-state index is -0.761. The highest BCUT2D eigenvalue weighted by molar-refractivity contribution is 6.31. The van der Waals surface area contributed by atoms with Gasteiger partial charge in [-0.3, -0.25) is 19.6 Å². The summed E-state index contributed by atoms with van der Waals surface area (Å²) in [6, 6.07) is 9.78. The maximum absolute atomic E-state index is 10.7. The van der Waals surface area contributed by atoms with Crippen molar-refractivity contribution in [3.8, 4) is 0 Å². The maximum atomic E-state index is 10.7. The number of aromatic nitrogens is 1. The summed E-state index contributed by atoms with van der Waals surface area (Å²) in [5.74, 6) is -0.761. The van der Waals surface area contributed by atoms with Gasteiger partial charge in [-0.25, -0.2) is 0 Å². The van der Waals surface area contributed by atoms with Gasteiger partial charge in [0.15, 0.2) is 0 Å². The number of benzene rings is 1. The van der Waals surface area contributed by atoms with Gasteiger partial charge >= 0.3 is 5.97 Å². The predicted octanol–water partition coefficient (Wildman–Crippen LogP) is 2.09. The third-order valence-electron chi connectivity index (χ3n) is 3.92. The van der Waals surface area contributed by atoms with Crippen LogP contribution in [0.2, 0.25) is 5.02 Å². The summed E-state index contributed by atoms with van der Waals surface area (Å²) >= 11 is 5.98. The van der Waals surface area contributed by atoms with Gasteiger partial charge in [0, 0.05) is 43.1 Å². The molecule has 1 aromatic heterocycles. The number of rotatable bonds is 4. The number of piperazine rings is 1. The molecule has 2 aromatic rings. The minimum absolute atomic E-state index is 0.128. The van der Waals surface area contributed by atoms with Gasteiger partial charge in [-0.1, -0.05) is 17.7 Å². The lowest BCUT2D eigenvalue weighted by molar-refractivity contribution is -0.138. The van der Waals surface area contributed by atoms with E-state index in [1.54, 1.807) is 0 Å². The number of aliphatic carboxylic acids is 1. The summed E-state index contributed by atoms with van der Waals surface area (Å²) in [5.41, 5.74) is 1.98. The quantitative estimate of drug-likeness (QED) is 0.935. The third-order valence-corrected chi connectivity index (χ3v) is 4.15. The van der Waals surface area contributed by atoms with Gasteiger partial charge in [0.25, 0.3) is 0 Å². The van der Waals surface area contributed by atoms with Crippen LogP contribution in [0.3, 0.4) is 0 Å². The van der Waals surface area contributed by atoms with E-state index < -0.39 is 5.97 Å². The zero-order chi connectivity index (χ0) is 15.5. The monoisotopic (exact) mass is 319 g/mol. The van der Waals surface area contributed by atoms with Gasteiger partial charge in [0.2, 0.25) is 0 Å². The van der Waals surface area contributed by atoms with Gasteiger partial charge in [-0.15, -0.1) is 0 Å². The number of fused-ring (bicyclic) bond motifs is 1. The van der Waals surface area contributed by atoms with Crippen molar-refractivity contribution < 1.29 is 9.90 Å². The first-order valence-electron chi connectivity index (χ1n) is 7.32. The molecule has 5 nitrogen and oxygen atoms in total. The van der Waals surface area contributed by atoms with Crippen LogP contribution in [-0.4, -0.2) is 58.6 Å². The molecule has 116 valence electrons. The molecular weight excluding hydrogens is 302 g/mol. The number of carbonyl (C=O) groups is 1. The van der Waals surface area contributed by atoms with Gasteiger partial charge in [-0.05, 0) is 24.3 Å². The smallest absolute Gasteiger partial charge is 0.317 e. The molecule has 1 fully saturated rings.